The Bertz CT molecular complexity index is 684. The minimum absolute atomic E-state index is 0. The first kappa shape index (κ1) is 25.6. The quantitative estimate of drug-likeness (QED) is 0.215. The molecule has 2 aliphatic heterocycles. The number of rotatable bonds is 8. The maximum Gasteiger partial charge on any atom is 0.243 e. The zero-order valence-corrected chi connectivity index (χ0v) is 21.0. The number of pyridine rings is 1. The van der Waals surface area contributed by atoms with Gasteiger partial charge in [-0.25, -0.2) is 9.98 Å². The molecule has 1 aromatic heterocycles. The van der Waals surface area contributed by atoms with Crippen molar-refractivity contribution >= 4 is 41.7 Å². The monoisotopic (exact) mass is 545 g/mol. The minimum atomic E-state index is -0.00838. The normalized spacial score (nSPS) is 19.6. The lowest BCUT2D eigenvalue weighted by molar-refractivity contribution is -0.127. The number of hydrogen-bond donors (Lipinski definition) is 2. The summed E-state index contributed by atoms with van der Waals surface area (Å²) in [7, 11) is 3.50. The van der Waals surface area contributed by atoms with Gasteiger partial charge in [0.25, 0.3) is 0 Å². The van der Waals surface area contributed by atoms with Crippen molar-refractivity contribution < 1.29 is 9.53 Å². The molecule has 0 saturated carbocycles. The third-order valence-electron chi connectivity index (χ3n) is 5.42. The number of morpholine rings is 1. The summed E-state index contributed by atoms with van der Waals surface area (Å²) in [5.41, 5.74) is 0. The Morgan fingerprint density at radius 1 is 1.29 bits per heavy atom. The van der Waals surface area contributed by atoms with Crippen LogP contribution in [0.4, 0.5) is 5.82 Å². The van der Waals surface area contributed by atoms with E-state index in [2.05, 4.69) is 30.4 Å². The third-order valence-corrected chi connectivity index (χ3v) is 5.42. The molecule has 31 heavy (non-hydrogen) atoms. The van der Waals surface area contributed by atoms with E-state index in [-0.39, 0.29) is 42.5 Å². The van der Waals surface area contributed by atoms with Crippen LogP contribution < -0.4 is 15.5 Å². The van der Waals surface area contributed by atoms with Gasteiger partial charge in [0.1, 0.15) is 12.4 Å². The highest BCUT2D eigenvalue weighted by molar-refractivity contribution is 14.0. The number of likely N-dealkylation sites (N-methyl/N-ethyl adjacent to an activating group) is 1. The molecule has 0 aliphatic carbocycles. The van der Waals surface area contributed by atoms with Crippen molar-refractivity contribution in [1.29, 1.82) is 0 Å². The van der Waals surface area contributed by atoms with Gasteiger partial charge in [-0.05, 0) is 31.5 Å². The number of guanidine groups is 1. The SMILES string of the molecule is CN(C)C(=O)CN=C(NCCCN1CCOCC1)NC1CCN(c2ccccn2)C1.I. The van der Waals surface area contributed by atoms with Crippen LogP contribution in [0.15, 0.2) is 29.4 Å². The van der Waals surface area contributed by atoms with Gasteiger partial charge < -0.3 is 25.2 Å². The Balaban J connectivity index is 0.00000341. The van der Waals surface area contributed by atoms with Gasteiger partial charge in [0, 0.05) is 59.1 Å². The number of anilines is 1. The van der Waals surface area contributed by atoms with Gasteiger partial charge >= 0.3 is 0 Å². The van der Waals surface area contributed by atoms with Gasteiger partial charge in [0.05, 0.1) is 13.2 Å². The summed E-state index contributed by atoms with van der Waals surface area (Å²) in [6.07, 6.45) is 3.85. The molecule has 2 aliphatic rings. The summed E-state index contributed by atoms with van der Waals surface area (Å²) in [6, 6.07) is 6.25. The zero-order valence-electron chi connectivity index (χ0n) is 18.6. The molecule has 1 unspecified atom stereocenters. The van der Waals surface area contributed by atoms with Gasteiger partial charge in [-0.15, -0.1) is 24.0 Å². The van der Waals surface area contributed by atoms with Crippen molar-refractivity contribution in [2.45, 2.75) is 18.9 Å². The standard InChI is InChI=1S/C21H35N7O2.HI/c1-26(2)20(29)16-24-21(23-9-5-10-27-12-14-30-15-13-27)25-18-7-11-28(17-18)19-6-3-4-8-22-19;/h3-4,6,8,18H,5,7,9-17H2,1-2H3,(H2,23,24,25);1H. The highest BCUT2D eigenvalue weighted by atomic mass is 127. The van der Waals surface area contributed by atoms with E-state index in [0.717, 1.165) is 71.1 Å². The van der Waals surface area contributed by atoms with Crippen molar-refractivity contribution in [2.24, 2.45) is 4.99 Å². The number of halogens is 1. The fourth-order valence-electron chi connectivity index (χ4n) is 3.60. The number of aliphatic imine (C=N–C) groups is 1. The molecule has 0 radical (unpaired) electrons. The summed E-state index contributed by atoms with van der Waals surface area (Å²) < 4.78 is 5.40. The van der Waals surface area contributed by atoms with Crippen molar-refractivity contribution in [3.8, 4) is 0 Å². The third kappa shape index (κ3) is 8.77. The lowest BCUT2D eigenvalue weighted by Crippen LogP contribution is -2.46. The van der Waals surface area contributed by atoms with Crippen LogP contribution in [-0.4, -0.2) is 106 Å². The van der Waals surface area contributed by atoms with E-state index in [4.69, 9.17) is 4.74 Å². The van der Waals surface area contributed by atoms with Crippen molar-refractivity contribution in [2.75, 3.05) is 78.0 Å². The second kappa shape index (κ2) is 13.7. The molecular weight excluding hydrogens is 509 g/mol. The Labute approximate surface area is 202 Å². The molecule has 2 fully saturated rings. The summed E-state index contributed by atoms with van der Waals surface area (Å²) in [6.45, 7) is 7.47. The largest absolute Gasteiger partial charge is 0.379 e. The first-order chi connectivity index (χ1) is 14.6. The molecule has 1 amide bonds. The van der Waals surface area contributed by atoms with Crippen LogP contribution in [-0.2, 0) is 9.53 Å². The Hall–Kier alpha value is -1.66. The molecular formula is C21H36IN7O2. The molecule has 1 aromatic rings. The predicted molar refractivity (Wildman–Crippen MR) is 134 cm³/mol. The molecule has 1 atom stereocenters. The van der Waals surface area contributed by atoms with Gasteiger partial charge in [0.15, 0.2) is 5.96 Å². The summed E-state index contributed by atoms with van der Waals surface area (Å²) in [4.78, 5) is 27.2. The number of carbonyl (C=O) groups excluding carboxylic acids is 1. The fraction of sp³-hybridized carbons (Fsp3) is 0.667. The van der Waals surface area contributed by atoms with Gasteiger partial charge in [0.2, 0.25) is 5.91 Å². The van der Waals surface area contributed by atoms with Gasteiger partial charge in [-0.3, -0.25) is 9.69 Å². The van der Waals surface area contributed by atoms with Gasteiger partial charge in [-0.2, -0.15) is 0 Å². The van der Waals surface area contributed by atoms with Crippen LogP contribution in [0.3, 0.4) is 0 Å². The first-order valence-corrected chi connectivity index (χ1v) is 10.8. The molecule has 2 saturated heterocycles. The lowest BCUT2D eigenvalue weighted by atomic mass is 10.3. The maximum absolute atomic E-state index is 12.0. The van der Waals surface area contributed by atoms with E-state index >= 15 is 0 Å². The fourth-order valence-corrected chi connectivity index (χ4v) is 3.60. The average molecular weight is 545 g/mol. The van der Waals surface area contributed by atoms with E-state index in [0.29, 0.717) is 5.96 Å². The number of ether oxygens (including phenoxy) is 1. The molecule has 9 nitrogen and oxygen atoms in total. The predicted octanol–water partition coefficient (Wildman–Crippen LogP) is 0.624. The molecule has 174 valence electrons. The van der Waals surface area contributed by atoms with Crippen LogP contribution >= 0.6 is 24.0 Å². The molecule has 3 heterocycles. The van der Waals surface area contributed by atoms with E-state index in [1.54, 1.807) is 19.0 Å². The van der Waals surface area contributed by atoms with E-state index < -0.39 is 0 Å². The zero-order chi connectivity index (χ0) is 21.2. The maximum atomic E-state index is 12.0. The van der Waals surface area contributed by atoms with Crippen molar-refractivity contribution in [1.82, 2.24) is 25.4 Å². The van der Waals surface area contributed by atoms with Gasteiger partial charge in [-0.1, -0.05) is 6.07 Å². The van der Waals surface area contributed by atoms with E-state index in [1.807, 2.05) is 24.4 Å². The molecule has 10 heteroatoms. The topological polar surface area (TPSA) is 85.3 Å². The van der Waals surface area contributed by atoms with Crippen LogP contribution in [0.2, 0.25) is 0 Å². The van der Waals surface area contributed by atoms with Crippen molar-refractivity contribution in [3.63, 3.8) is 0 Å². The molecule has 0 spiro atoms. The Kier molecular flexibility index (Phi) is 11.3. The minimum Gasteiger partial charge on any atom is -0.379 e. The van der Waals surface area contributed by atoms with Crippen LogP contribution in [0.25, 0.3) is 0 Å². The second-order valence-electron chi connectivity index (χ2n) is 7.95. The number of nitrogens with zero attached hydrogens (tertiary/aromatic N) is 5. The molecule has 0 aromatic carbocycles. The number of aromatic nitrogens is 1. The molecule has 3 rings (SSSR count). The number of amides is 1. The lowest BCUT2D eigenvalue weighted by Gasteiger charge is -2.26. The molecule has 0 bridgehead atoms. The first-order valence-electron chi connectivity index (χ1n) is 10.8. The number of hydrogen-bond acceptors (Lipinski definition) is 6. The Morgan fingerprint density at radius 3 is 2.81 bits per heavy atom. The second-order valence-corrected chi connectivity index (χ2v) is 7.95. The highest BCUT2D eigenvalue weighted by Crippen LogP contribution is 2.17. The smallest absolute Gasteiger partial charge is 0.243 e. The number of carbonyl (C=O) groups is 1. The van der Waals surface area contributed by atoms with E-state index in [1.165, 1.54) is 0 Å². The highest BCUT2D eigenvalue weighted by Gasteiger charge is 2.24. The summed E-state index contributed by atoms with van der Waals surface area (Å²) >= 11 is 0. The van der Waals surface area contributed by atoms with Crippen LogP contribution in [0.1, 0.15) is 12.8 Å². The van der Waals surface area contributed by atoms with Crippen LogP contribution in [0, 0.1) is 0 Å². The Morgan fingerprint density at radius 2 is 2.10 bits per heavy atom. The van der Waals surface area contributed by atoms with E-state index in [9.17, 15) is 4.79 Å². The van der Waals surface area contributed by atoms with Crippen molar-refractivity contribution in [3.05, 3.63) is 24.4 Å². The summed E-state index contributed by atoms with van der Waals surface area (Å²) in [5, 5.41) is 6.92. The average Bonchev–Trinajstić information content (AvgIpc) is 3.24. The van der Waals surface area contributed by atoms with Crippen LogP contribution in [0.5, 0.6) is 0 Å². The number of nitrogens with one attached hydrogen (secondary N) is 2. The summed E-state index contributed by atoms with van der Waals surface area (Å²) in [5.74, 6) is 1.70. The molecule has 2 N–H and O–H groups in total.